The number of hydrazine groups is 1. The minimum Gasteiger partial charge on any atom is -0.197 e. The smallest absolute Gasteiger partial charge is 0.0683 e. The summed E-state index contributed by atoms with van der Waals surface area (Å²) in [7, 11) is 1.65. The van der Waals surface area contributed by atoms with Gasteiger partial charge in [-0.1, -0.05) is 6.92 Å². The van der Waals surface area contributed by atoms with Crippen molar-refractivity contribution < 1.29 is 0 Å². The summed E-state index contributed by atoms with van der Waals surface area (Å²) in [6.45, 7) is 8.90. The molecule has 0 amide bonds. The van der Waals surface area contributed by atoms with Crippen LogP contribution < -0.4 is 0 Å². The largest absolute Gasteiger partial charge is 0.197 e. The first kappa shape index (κ1) is 10.4. The highest BCUT2D eigenvalue weighted by Gasteiger charge is 2.23. The molecule has 0 N–H and O–H groups in total. The lowest BCUT2D eigenvalue weighted by molar-refractivity contribution is -0.0682. The van der Waals surface area contributed by atoms with Crippen molar-refractivity contribution >= 4 is 0 Å². The maximum absolute atomic E-state index is 10.2. The summed E-state index contributed by atoms with van der Waals surface area (Å²) in [5.41, 5.74) is -0.0442. The van der Waals surface area contributed by atoms with Crippen LogP contribution in [0.4, 0.5) is 0 Å². The molecule has 0 spiro atoms. The Bertz CT molecular complexity index is 130. The molecule has 0 saturated carbocycles. The second kappa shape index (κ2) is 3.67. The first-order valence-corrected chi connectivity index (χ1v) is 3.78. The Morgan fingerprint density at radius 3 is 1.91 bits per heavy atom. The number of hydrogen-bond donors (Lipinski definition) is 0. The first-order valence-electron chi connectivity index (χ1n) is 3.78. The van der Waals surface area contributed by atoms with E-state index in [0.29, 0.717) is 0 Å². The van der Waals surface area contributed by atoms with Crippen molar-refractivity contribution in [2.24, 2.45) is 5.29 Å². The van der Waals surface area contributed by atoms with Crippen LogP contribution in [0.3, 0.4) is 0 Å². The fraction of sp³-hybridized carbons (Fsp3) is 1.00. The van der Waals surface area contributed by atoms with Crippen molar-refractivity contribution in [3.63, 3.8) is 0 Å². The molecule has 0 fully saturated rings. The standard InChI is InChI=1S/C7H17N3O/c1-6-10(7(2,3)4)9(5)8-11/h6H2,1-5H3. The molecular formula is C7H17N3O. The van der Waals surface area contributed by atoms with Gasteiger partial charge in [-0.15, -0.1) is 4.91 Å². The van der Waals surface area contributed by atoms with Gasteiger partial charge < -0.3 is 0 Å². The molecule has 66 valence electrons. The summed E-state index contributed by atoms with van der Waals surface area (Å²) >= 11 is 0. The van der Waals surface area contributed by atoms with E-state index in [9.17, 15) is 4.91 Å². The number of nitrogens with zero attached hydrogens (tertiary/aromatic N) is 3. The van der Waals surface area contributed by atoms with Crippen molar-refractivity contribution in [3.05, 3.63) is 4.91 Å². The molecule has 0 aliphatic rings. The minimum absolute atomic E-state index is 0.0442. The minimum atomic E-state index is -0.0442. The summed E-state index contributed by atoms with van der Waals surface area (Å²) in [5.74, 6) is 0. The predicted molar refractivity (Wildman–Crippen MR) is 45.7 cm³/mol. The third kappa shape index (κ3) is 2.84. The highest BCUT2D eigenvalue weighted by Crippen LogP contribution is 2.14. The molecule has 0 heterocycles. The lowest BCUT2D eigenvalue weighted by atomic mass is 10.1. The van der Waals surface area contributed by atoms with Crippen molar-refractivity contribution in [2.75, 3.05) is 13.6 Å². The maximum atomic E-state index is 10.2. The van der Waals surface area contributed by atoms with E-state index in [4.69, 9.17) is 0 Å². The van der Waals surface area contributed by atoms with Crippen LogP contribution in [0, 0.1) is 4.91 Å². The van der Waals surface area contributed by atoms with Gasteiger partial charge in [0.05, 0.1) is 5.29 Å². The second-order valence-electron chi connectivity index (χ2n) is 3.46. The van der Waals surface area contributed by atoms with Gasteiger partial charge in [0.15, 0.2) is 0 Å². The molecule has 0 unspecified atom stereocenters. The molecule has 0 aromatic rings. The van der Waals surface area contributed by atoms with Crippen LogP contribution in [0.15, 0.2) is 5.29 Å². The Kier molecular flexibility index (Phi) is 3.45. The van der Waals surface area contributed by atoms with Crippen molar-refractivity contribution in [3.8, 4) is 0 Å². The lowest BCUT2D eigenvalue weighted by Gasteiger charge is -2.37. The van der Waals surface area contributed by atoms with Gasteiger partial charge in [-0.25, -0.2) is 0 Å². The monoisotopic (exact) mass is 159 g/mol. The van der Waals surface area contributed by atoms with Gasteiger partial charge in [0.1, 0.15) is 0 Å². The van der Waals surface area contributed by atoms with Crippen molar-refractivity contribution in [2.45, 2.75) is 33.2 Å². The fourth-order valence-electron chi connectivity index (χ4n) is 1.16. The Labute approximate surface area is 68.1 Å². The molecule has 0 bridgehead atoms. The lowest BCUT2D eigenvalue weighted by Crippen LogP contribution is -2.48. The van der Waals surface area contributed by atoms with Gasteiger partial charge in [0.25, 0.3) is 0 Å². The number of hydrogen-bond acceptors (Lipinski definition) is 3. The Morgan fingerprint density at radius 1 is 1.36 bits per heavy atom. The second-order valence-corrected chi connectivity index (χ2v) is 3.46. The topological polar surface area (TPSA) is 35.9 Å². The van der Waals surface area contributed by atoms with Gasteiger partial charge in [0.2, 0.25) is 0 Å². The fourth-order valence-corrected chi connectivity index (χ4v) is 1.16. The first-order chi connectivity index (χ1) is 4.93. The summed E-state index contributed by atoms with van der Waals surface area (Å²) in [6, 6.07) is 0. The predicted octanol–water partition coefficient (Wildman–Crippen LogP) is 1.64. The van der Waals surface area contributed by atoms with Crippen LogP contribution in [0.5, 0.6) is 0 Å². The molecule has 0 aliphatic heterocycles. The average molecular weight is 159 g/mol. The van der Waals surface area contributed by atoms with Crippen LogP contribution in [-0.2, 0) is 0 Å². The molecule has 4 heteroatoms. The SMILES string of the molecule is CCN(N(C)N=O)C(C)(C)C. The van der Waals surface area contributed by atoms with Crippen LogP contribution in [0.25, 0.3) is 0 Å². The van der Waals surface area contributed by atoms with E-state index in [2.05, 4.69) is 5.29 Å². The zero-order chi connectivity index (χ0) is 9.07. The summed E-state index contributed by atoms with van der Waals surface area (Å²) in [5, 5.41) is 6.06. The Hall–Kier alpha value is -0.640. The molecule has 0 atom stereocenters. The van der Waals surface area contributed by atoms with Gasteiger partial charge in [-0.05, 0) is 20.8 Å². The van der Waals surface area contributed by atoms with Gasteiger partial charge >= 0.3 is 0 Å². The molecule has 0 aromatic heterocycles. The van der Waals surface area contributed by atoms with E-state index in [1.54, 1.807) is 7.05 Å². The third-order valence-electron chi connectivity index (χ3n) is 1.54. The quantitative estimate of drug-likeness (QED) is 0.464. The zero-order valence-electron chi connectivity index (χ0n) is 7.96. The Morgan fingerprint density at radius 2 is 1.82 bits per heavy atom. The summed E-state index contributed by atoms with van der Waals surface area (Å²) < 4.78 is 0. The number of nitroso groups, excluding NO2 is 1. The van der Waals surface area contributed by atoms with Crippen LogP contribution >= 0.6 is 0 Å². The van der Waals surface area contributed by atoms with E-state index >= 15 is 0 Å². The third-order valence-corrected chi connectivity index (χ3v) is 1.54. The van der Waals surface area contributed by atoms with Gasteiger partial charge in [0, 0.05) is 19.1 Å². The highest BCUT2D eigenvalue weighted by atomic mass is 16.3. The van der Waals surface area contributed by atoms with E-state index in [-0.39, 0.29) is 5.54 Å². The van der Waals surface area contributed by atoms with E-state index in [0.717, 1.165) is 6.54 Å². The normalized spacial score (nSPS) is 11.8. The summed E-state index contributed by atoms with van der Waals surface area (Å²) in [6.07, 6.45) is 0. The highest BCUT2D eigenvalue weighted by molar-refractivity contribution is 4.71. The van der Waals surface area contributed by atoms with Crippen LogP contribution in [-0.4, -0.2) is 29.3 Å². The van der Waals surface area contributed by atoms with Gasteiger partial charge in [-0.3, -0.25) is 0 Å². The van der Waals surface area contributed by atoms with E-state index in [1.165, 1.54) is 5.12 Å². The van der Waals surface area contributed by atoms with Crippen LogP contribution in [0.1, 0.15) is 27.7 Å². The zero-order valence-corrected chi connectivity index (χ0v) is 7.96. The molecule has 0 aliphatic carbocycles. The maximum Gasteiger partial charge on any atom is 0.0683 e. The Balaban J connectivity index is 4.27. The van der Waals surface area contributed by atoms with Crippen molar-refractivity contribution in [1.29, 1.82) is 0 Å². The number of rotatable bonds is 3. The average Bonchev–Trinajstić information content (AvgIpc) is 1.86. The molecule has 11 heavy (non-hydrogen) atoms. The molecule has 0 rings (SSSR count). The molecule has 0 aromatic carbocycles. The molecule has 0 saturated heterocycles. The van der Waals surface area contributed by atoms with E-state index < -0.39 is 0 Å². The molecule has 0 radical (unpaired) electrons. The summed E-state index contributed by atoms with van der Waals surface area (Å²) in [4.78, 5) is 10.2. The molecule has 4 nitrogen and oxygen atoms in total. The van der Waals surface area contributed by atoms with Crippen LogP contribution in [0.2, 0.25) is 0 Å². The molecular weight excluding hydrogens is 142 g/mol. The van der Waals surface area contributed by atoms with Gasteiger partial charge in [-0.2, -0.15) is 10.1 Å². The van der Waals surface area contributed by atoms with E-state index in [1.807, 2.05) is 32.7 Å². The van der Waals surface area contributed by atoms with Crippen molar-refractivity contribution in [1.82, 2.24) is 10.1 Å².